The minimum Gasteiger partial charge on any atom is -0.454 e. The lowest BCUT2D eigenvalue weighted by molar-refractivity contribution is 0.174. The van der Waals surface area contributed by atoms with E-state index in [1.807, 2.05) is 18.2 Å². The summed E-state index contributed by atoms with van der Waals surface area (Å²) in [5.41, 5.74) is 1.80. The van der Waals surface area contributed by atoms with Gasteiger partial charge in [0.1, 0.15) is 11.9 Å². The van der Waals surface area contributed by atoms with Gasteiger partial charge in [-0.2, -0.15) is 5.26 Å². The maximum Gasteiger partial charge on any atom is 0.231 e. The zero-order chi connectivity index (χ0) is 14.9. The van der Waals surface area contributed by atoms with E-state index in [1.165, 1.54) is 5.56 Å². The number of benzene rings is 1. The van der Waals surface area contributed by atoms with E-state index >= 15 is 0 Å². The molecule has 1 atom stereocenters. The molecule has 0 amide bonds. The third kappa shape index (κ3) is 2.13. The van der Waals surface area contributed by atoms with Crippen LogP contribution in [0.4, 0.5) is 5.82 Å². The Morgan fingerprint density at radius 1 is 1.18 bits per heavy atom. The summed E-state index contributed by atoms with van der Waals surface area (Å²) < 4.78 is 10.9. The standard InChI is InChI=1S/C17H15N3O2/c18-9-12-3-6-17(19-10-12)20-7-1-2-14(20)13-4-5-15-16(8-13)22-11-21-15/h3-6,8,10,14H,1-2,7,11H2. The van der Waals surface area contributed by atoms with Crippen molar-refractivity contribution in [3.63, 3.8) is 0 Å². The fraction of sp³-hybridized carbons (Fsp3) is 0.294. The highest BCUT2D eigenvalue weighted by Crippen LogP contribution is 2.40. The predicted molar refractivity (Wildman–Crippen MR) is 80.8 cm³/mol. The van der Waals surface area contributed by atoms with Crippen LogP contribution in [0.1, 0.15) is 30.0 Å². The lowest BCUT2D eigenvalue weighted by Gasteiger charge is -2.26. The summed E-state index contributed by atoms with van der Waals surface area (Å²) in [4.78, 5) is 6.72. The van der Waals surface area contributed by atoms with Crippen molar-refractivity contribution in [3.05, 3.63) is 47.7 Å². The third-order valence-corrected chi connectivity index (χ3v) is 4.21. The van der Waals surface area contributed by atoms with Gasteiger partial charge in [0.25, 0.3) is 0 Å². The Hall–Kier alpha value is -2.74. The average Bonchev–Trinajstić information content (AvgIpc) is 3.23. The van der Waals surface area contributed by atoms with Crippen LogP contribution >= 0.6 is 0 Å². The molecule has 2 aromatic rings. The van der Waals surface area contributed by atoms with E-state index in [4.69, 9.17) is 14.7 Å². The molecule has 5 heteroatoms. The zero-order valence-electron chi connectivity index (χ0n) is 12.0. The van der Waals surface area contributed by atoms with Crippen molar-refractivity contribution < 1.29 is 9.47 Å². The third-order valence-electron chi connectivity index (χ3n) is 4.21. The second-order valence-corrected chi connectivity index (χ2v) is 5.48. The predicted octanol–water partition coefficient (Wildman–Crippen LogP) is 3.02. The molecule has 1 aromatic carbocycles. The first-order chi connectivity index (χ1) is 10.8. The van der Waals surface area contributed by atoms with E-state index in [0.717, 1.165) is 36.7 Å². The molecule has 0 bridgehead atoms. The molecule has 0 aliphatic carbocycles. The molecule has 110 valence electrons. The summed E-state index contributed by atoms with van der Waals surface area (Å²) >= 11 is 0. The fourth-order valence-electron chi connectivity index (χ4n) is 3.13. The number of ether oxygens (including phenoxy) is 2. The molecule has 1 fully saturated rings. The molecule has 0 spiro atoms. The van der Waals surface area contributed by atoms with Crippen LogP contribution in [-0.2, 0) is 0 Å². The van der Waals surface area contributed by atoms with E-state index in [0.29, 0.717) is 12.4 Å². The summed E-state index contributed by atoms with van der Waals surface area (Å²) in [6, 6.07) is 12.3. The summed E-state index contributed by atoms with van der Waals surface area (Å²) in [7, 11) is 0. The summed E-state index contributed by atoms with van der Waals surface area (Å²) in [5, 5.41) is 8.88. The first-order valence-electron chi connectivity index (χ1n) is 7.37. The van der Waals surface area contributed by atoms with Gasteiger partial charge in [-0.05, 0) is 42.7 Å². The number of fused-ring (bicyclic) bond motifs is 1. The molecular formula is C17H15N3O2. The number of hydrogen-bond donors (Lipinski definition) is 0. The maximum atomic E-state index is 8.88. The highest BCUT2D eigenvalue weighted by molar-refractivity contribution is 5.50. The van der Waals surface area contributed by atoms with Gasteiger partial charge in [-0.3, -0.25) is 0 Å². The number of nitrogens with zero attached hydrogens (tertiary/aromatic N) is 3. The molecule has 22 heavy (non-hydrogen) atoms. The van der Waals surface area contributed by atoms with Crippen molar-refractivity contribution in [2.45, 2.75) is 18.9 Å². The smallest absolute Gasteiger partial charge is 0.231 e. The number of rotatable bonds is 2. The Kier molecular flexibility index (Phi) is 3.08. The topological polar surface area (TPSA) is 58.4 Å². The van der Waals surface area contributed by atoms with E-state index < -0.39 is 0 Å². The van der Waals surface area contributed by atoms with Gasteiger partial charge < -0.3 is 14.4 Å². The number of pyridine rings is 1. The highest BCUT2D eigenvalue weighted by Gasteiger charge is 2.28. The second kappa shape index (κ2) is 5.23. The van der Waals surface area contributed by atoms with Crippen molar-refractivity contribution in [3.8, 4) is 17.6 Å². The maximum absolute atomic E-state index is 8.88. The Morgan fingerprint density at radius 3 is 2.91 bits per heavy atom. The van der Waals surface area contributed by atoms with Crippen molar-refractivity contribution in [2.24, 2.45) is 0 Å². The molecule has 0 radical (unpaired) electrons. The van der Waals surface area contributed by atoms with E-state index in [2.05, 4.69) is 28.1 Å². The molecule has 0 N–H and O–H groups in total. The molecule has 2 aliphatic heterocycles. The Morgan fingerprint density at radius 2 is 2.09 bits per heavy atom. The van der Waals surface area contributed by atoms with Crippen molar-refractivity contribution in [1.29, 1.82) is 5.26 Å². The first kappa shape index (κ1) is 13.0. The van der Waals surface area contributed by atoms with E-state index in [-0.39, 0.29) is 6.04 Å². The van der Waals surface area contributed by atoms with Crippen LogP contribution in [-0.4, -0.2) is 18.3 Å². The minimum atomic E-state index is 0.287. The molecule has 1 unspecified atom stereocenters. The van der Waals surface area contributed by atoms with Crippen LogP contribution in [0.25, 0.3) is 0 Å². The molecule has 1 aromatic heterocycles. The monoisotopic (exact) mass is 293 g/mol. The summed E-state index contributed by atoms with van der Waals surface area (Å²) in [6.07, 6.45) is 3.84. The highest BCUT2D eigenvalue weighted by atomic mass is 16.7. The van der Waals surface area contributed by atoms with Gasteiger partial charge in [-0.25, -0.2) is 4.98 Å². The molecule has 2 aliphatic rings. The lowest BCUT2D eigenvalue weighted by atomic mass is 10.0. The van der Waals surface area contributed by atoms with Crippen molar-refractivity contribution >= 4 is 5.82 Å². The quantitative estimate of drug-likeness (QED) is 0.852. The Labute approximate surface area is 128 Å². The van der Waals surface area contributed by atoms with Crippen molar-refractivity contribution in [1.82, 2.24) is 4.98 Å². The van der Waals surface area contributed by atoms with Gasteiger partial charge in [-0.15, -0.1) is 0 Å². The molecule has 5 nitrogen and oxygen atoms in total. The lowest BCUT2D eigenvalue weighted by Crippen LogP contribution is -2.23. The number of hydrogen-bond acceptors (Lipinski definition) is 5. The van der Waals surface area contributed by atoms with Gasteiger partial charge in [0, 0.05) is 12.7 Å². The van der Waals surface area contributed by atoms with Gasteiger partial charge in [-0.1, -0.05) is 6.07 Å². The summed E-state index contributed by atoms with van der Waals surface area (Å²) in [6.45, 7) is 1.27. The molecule has 3 heterocycles. The first-order valence-corrected chi connectivity index (χ1v) is 7.37. The number of anilines is 1. The normalized spacial score (nSPS) is 19.2. The van der Waals surface area contributed by atoms with E-state index in [9.17, 15) is 0 Å². The van der Waals surface area contributed by atoms with Crippen LogP contribution in [0, 0.1) is 11.3 Å². The van der Waals surface area contributed by atoms with Gasteiger partial charge in [0.15, 0.2) is 11.5 Å². The molecule has 4 rings (SSSR count). The average molecular weight is 293 g/mol. The van der Waals surface area contributed by atoms with Crippen LogP contribution < -0.4 is 14.4 Å². The van der Waals surface area contributed by atoms with Crippen LogP contribution in [0.3, 0.4) is 0 Å². The molecular weight excluding hydrogens is 278 g/mol. The molecule has 0 saturated carbocycles. The fourth-order valence-corrected chi connectivity index (χ4v) is 3.13. The molecule has 1 saturated heterocycles. The SMILES string of the molecule is N#Cc1ccc(N2CCCC2c2ccc3c(c2)OCO3)nc1. The number of aromatic nitrogens is 1. The van der Waals surface area contributed by atoms with Gasteiger partial charge in [0.2, 0.25) is 6.79 Å². The second-order valence-electron chi connectivity index (χ2n) is 5.48. The summed E-state index contributed by atoms with van der Waals surface area (Å²) in [5.74, 6) is 2.54. The van der Waals surface area contributed by atoms with Gasteiger partial charge in [0.05, 0.1) is 11.6 Å². The largest absolute Gasteiger partial charge is 0.454 e. The Bertz CT molecular complexity index is 737. The van der Waals surface area contributed by atoms with Crippen LogP contribution in [0.15, 0.2) is 36.5 Å². The van der Waals surface area contributed by atoms with Gasteiger partial charge >= 0.3 is 0 Å². The number of nitriles is 1. The van der Waals surface area contributed by atoms with Crippen LogP contribution in [0.5, 0.6) is 11.5 Å². The van der Waals surface area contributed by atoms with Crippen molar-refractivity contribution in [2.75, 3.05) is 18.2 Å². The van der Waals surface area contributed by atoms with E-state index in [1.54, 1.807) is 6.20 Å². The Balaban J connectivity index is 1.64. The van der Waals surface area contributed by atoms with Crippen LogP contribution in [0.2, 0.25) is 0 Å². The zero-order valence-corrected chi connectivity index (χ0v) is 12.0. The minimum absolute atomic E-state index is 0.287.